The van der Waals surface area contributed by atoms with E-state index in [0.29, 0.717) is 36.5 Å². The van der Waals surface area contributed by atoms with Gasteiger partial charge in [0.1, 0.15) is 5.69 Å². The highest BCUT2D eigenvalue weighted by Crippen LogP contribution is 2.32. The lowest BCUT2D eigenvalue weighted by Gasteiger charge is -2.30. The molecule has 0 aliphatic rings. The van der Waals surface area contributed by atoms with Crippen LogP contribution in [0.4, 0.5) is 0 Å². The monoisotopic (exact) mass is 462 g/mol. The average Bonchev–Trinajstić information content (AvgIpc) is 3.61. The topological polar surface area (TPSA) is 136 Å². The maximum atomic E-state index is 12.0. The molecule has 0 radical (unpaired) electrons. The zero-order chi connectivity index (χ0) is 24.1. The Labute approximate surface area is 196 Å². The number of rotatable bonds is 10. The van der Waals surface area contributed by atoms with E-state index in [1.54, 1.807) is 43.2 Å². The maximum absolute atomic E-state index is 12.0. The number of carbonyl (C=O) groups excluding carboxylic acids is 1. The number of fused-ring (bicyclic) bond motifs is 1. The molecule has 0 bridgehead atoms. The van der Waals surface area contributed by atoms with Crippen molar-refractivity contribution in [2.45, 2.75) is 38.6 Å². The molecular weight excluding hydrogens is 436 g/mol. The molecule has 0 spiro atoms. The largest absolute Gasteiger partial charge is 0.461 e. The maximum Gasteiger partial charge on any atom is 0.358 e. The molecule has 0 aliphatic carbocycles. The lowest BCUT2D eigenvalue weighted by Crippen LogP contribution is -2.34. The van der Waals surface area contributed by atoms with E-state index < -0.39 is 11.5 Å². The fourth-order valence-corrected chi connectivity index (χ4v) is 3.92. The number of aromatic amines is 1. The number of esters is 1. The standard InChI is InChI=1S/C23H26N8O3/c1-4-23(7-9-24,8-11-33-3)31-14-16(13-26-31)21-20-6-10-25-30(20)15-19(27-21)17-12-18(29-28-17)22(32)34-5-2/h6,10,12-15H,4-5,7-8,11H2,1-3H3,(H,28,29). The molecule has 11 heteroatoms. The summed E-state index contributed by atoms with van der Waals surface area (Å²) in [7, 11) is 1.65. The quantitative estimate of drug-likeness (QED) is 0.355. The summed E-state index contributed by atoms with van der Waals surface area (Å²) in [5.74, 6) is -0.504. The van der Waals surface area contributed by atoms with E-state index in [9.17, 15) is 10.1 Å². The van der Waals surface area contributed by atoms with Gasteiger partial charge in [0.05, 0.1) is 60.1 Å². The number of nitrogens with zero attached hydrogens (tertiary/aromatic N) is 7. The van der Waals surface area contributed by atoms with E-state index in [4.69, 9.17) is 14.5 Å². The number of nitriles is 1. The molecule has 4 aromatic heterocycles. The van der Waals surface area contributed by atoms with Gasteiger partial charge in [-0.15, -0.1) is 0 Å². The minimum atomic E-state index is -0.504. The van der Waals surface area contributed by atoms with Crippen LogP contribution in [0.3, 0.4) is 0 Å². The van der Waals surface area contributed by atoms with Crippen LogP contribution in [-0.2, 0) is 15.0 Å². The summed E-state index contributed by atoms with van der Waals surface area (Å²) in [4.78, 5) is 16.9. The third-order valence-electron chi connectivity index (χ3n) is 5.91. The van der Waals surface area contributed by atoms with E-state index in [0.717, 1.165) is 17.5 Å². The zero-order valence-corrected chi connectivity index (χ0v) is 19.4. The number of H-pyrrole nitrogens is 1. The Bertz CT molecular complexity index is 1330. The van der Waals surface area contributed by atoms with Gasteiger partial charge in [0.2, 0.25) is 0 Å². The van der Waals surface area contributed by atoms with Crippen LogP contribution in [-0.4, -0.2) is 60.9 Å². The molecule has 1 unspecified atom stereocenters. The van der Waals surface area contributed by atoms with Crippen molar-refractivity contribution in [2.75, 3.05) is 20.3 Å². The van der Waals surface area contributed by atoms with Gasteiger partial charge in [-0.05, 0) is 25.8 Å². The predicted molar refractivity (Wildman–Crippen MR) is 123 cm³/mol. The highest BCUT2D eigenvalue weighted by Gasteiger charge is 2.31. The third-order valence-corrected chi connectivity index (χ3v) is 5.91. The Morgan fingerprint density at radius 3 is 2.88 bits per heavy atom. The Kier molecular flexibility index (Phi) is 6.70. The second-order valence-electron chi connectivity index (χ2n) is 7.85. The fraction of sp³-hybridized carbons (Fsp3) is 0.391. The van der Waals surface area contributed by atoms with Crippen molar-refractivity contribution in [3.05, 3.63) is 42.6 Å². The summed E-state index contributed by atoms with van der Waals surface area (Å²) in [6.45, 7) is 4.57. The molecule has 0 aromatic carbocycles. The first kappa shape index (κ1) is 23.1. The van der Waals surface area contributed by atoms with E-state index >= 15 is 0 Å². The van der Waals surface area contributed by atoms with E-state index in [2.05, 4.69) is 26.5 Å². The number of aromatic nitrogens is 7. The molecule has 0 saturated carbocycles. The number of methoxy groups -OCH3 is 1. The van der Waals surface area contributed by atoms with Crippen molar-refractivity contribution >= 4 is 11.5 Å². The van der Waals surface area contributed by atoms with E-state index in [-0.39, 0.29) is 12.3 Å². The first-order valence-electron chi connectivity index (χ1n) is 11.0. The number of carbonyl (C=O) groups is 1. The lowest BCUT2D eigenvalue weighted by atomic mass is 9.89. The third kappa shape index (κ3) is 4.27. The number of nitrogens with one attached hydrogen (secondary N) is 1. The molecule has 0 aliphatic heterocycles. The molecule has 4 heterocycles. The first-order valence-corrected chi connectivity index (χ1v) is 11.0. The van der Waals surface area contributed by atoms with Gasteiger partial charge in [-0.25, -0.2) is 14.3 Å². The minimum Gasteiger partial charge on any atom is -0.461 e. The molecule has 34 heavy (non-hydrogen) atoms. The van der Waals surface area contributed by atoms with Gasteiger partial charge < -0.3 is 9.47 Å². The predicted octanol–water partition coefficient (Wildman–Crippen LogP) is 3.22. The average molecular weight is 463 g/mol. The van der Waals surface area contributed by atoms with E-state index in [1.165, 1.54) is 0 Å². The molecule has 0 amide bonds. The summed E-state index contributed by atoms with van der Waals surface area (Å²) < 4.78 is 13.9. The molecule has 1 atom stereocenters. The van der Waals surface area contributed by atoms with Crippen LogP contribution in [0.1, 0.15) is 43.6 Å². The highest BCUT2D eigenvalue weighted by atomic mass is 16.5. The Hall–Kier alpha value is -4.04. The Morgan fingerprint density at radius 2 is 2.15 bits per heavy atom. The van der Waals surface area contributed by atoms with Crippen LogP contribution < -0.4 is 0 Å². The molecule has 4 aromatic rings. The zero-order valence-electron chi connectivity index (χ0n) is 19.4. The van der Waals surface area contributed by atoms with Crippen molar-refractivity contribution in [1.82, 2.24) is 34.6 Å². The molecule has 1 N–H and O–H groups in total. The second kappa shape index (κ2) is 9.84. The van der Waals surface area contributed by atoms with Crippen LogP contribution >= 0.6 is 0 Å². The number of ether oxygens (including phenoxy) is 2. The van der Waals surface area contributed by atoms with Gasteiger partial charge in [0, 0.05) is 31.5 Å². The van der Waals surface area contributed by atoms with Crippen LogP contribution in [0.2, 0.25) is 0 Å². The Balaban J connectivity index is 1.76. The Morgan fingerprint density at radius 1 is 1.29 bits per heavy atom. The van der Waals surface area contributed by atoms with Crippen LogP contribution in [0.15, 0.2) is 36.9 Å². The van der Waals surface area contributed by atoms with Crippen LogP contribution in [0.25, 0.3) is 28.2 Å². The highest BCUT2D eigenvalue weighted by molar-refractivity contribution is 5.88. The van der Waals surface area contributed by atoms with Gasteiger partial charge in [0.25, 0.3) is 0 Å². The van der Waals surface area contributed by atoms with Crippen molar-refractivity contribution in [1.29, 1.82) is 5.26 Å². The second-order valence-corrected chi connectivity index (χ2v) is 7.85. The molecule has 11 nitrogen and oxygen atoms in total. The van der Waals surface area contributed by atoms with Gasteiger partial charge in [-0.3, -0.25) is 9.78 Å². The fourth-order valence-electron chi connectivity index (χ4n) is 3.92. The molecule has 4 rings (SSSR count). The number of hydrogen-bond acceptors (Lipinski definition) is 8. The first-order chi connectivity index (χ1) is 16.5. The van der Waals surface area contributed by atoms with Gasteiger partial charge in [0.15, 0.2) is 5.69 Å². The number of hydrogen-bond donors (Lipinski definition) is 1. The van der Waals surface area contributed by atoms with Crippen molar-refractivity contribution in [3.8, 4) is 28.7 Å². The molecular formula is C23H26N8O3. The van der Waals surface area contributed by atoms with Crippen molar-refractivity contribution in [2.24, 2.45) is 0 Å². The normalized spacial score (nSPS) is 13.0. The van der Waals surface area contributed by atoms with Gasteiger partial charge in [-0.2, -0.15) is 20.6 Å². The summed E-state index contributed by atoms with van der Waals surface area (Å²) in [5.41, 5.74) is 3.06. The van der Waals surface area contributed by atoms with Gasteiger partial charge in [-0.1, -0.05) is 6.92 Å². The summed E-state index contributed by atoms with van der Waals surface area (Å²) >= 11 is 0. The van der Waals surface area contributed by atoms with Crippen LogP contribution in [0.5, 0.6) is 0 Å². The molecule has 0 fully saturated rings. The molecule has 0 saturated heterocycles. The lowest BCUT2D eigenvalue weighted by molar-refractivity contribution is 0.0519. The smallest absolute Gasteiger partial charge is 0.358 e. The molecule has 176 valence electrons. The van der Waals surface area contributed by atoms with Crippen molar-refractivity contribution in [3.63, 3.8) is 0 Å². The minimum absolute atomic E-state index is 0.177. The van der Waals surface area contributed by atoms with Crippen molar-refractivity contribution < 1.29 is 14.3 Å². The van der Waals surface area contributed by atoms with Crippen LogP contribution in [0, 0.1) is 11.3 Å². The van der Waals surface area contributed by atoms with E-state index in [1.807, 2.05) is 23.9 Å². The summed E-state index contributed by atoms with van der Waals surface area (Å²) in [6.07, 6.45) is 8.80. The SMILES string of the molecule is CCOC(=O)c1cc(-c2cn3nccc3c(-c3cnn(C(CC)(CC#N)CCOC)c3)n2)[nH]n1. The summed E-state index contributed by atoms with van der Waals surface area (Å²) in [6, 6.07) is 5.77. The van der Waals surface area contributed by atoms with Gasteiger partial charge >= 0.3 is 5.97 Å². The summed E-state index contributed by atoms with van der Waals surface area (Å²) in [5, 5.41) is 25.3.